The number of carbonyl (C=O) groups excluding carboxylic acids is 1. The van der Waals surface area contributed by atoms with Gasteiger partial charge in [0.15, 0.2) is 0 Å². The summed E-state index contributed by atoms with van der Waals surface area (Å²) in [4.78, 5) is 32.5. The van der Waals surface area contributed by atoms with Gasteiger partial charge in [0, 0.05) is 6.08 Å². The first kappa shape index (κ1) is 15.2. The van der Waals surface area contributed by atoms with Crippen LogP contribution in [0.3, 0.4) is 0 Å². The summed E-state index contributed by atoms with van der Waals surface area (Å²) in [5, 5.41) is 26.2. The quantitative estimate of drug-likeness (QED) is 0.522. The Hall–Kier alpha value is -2.83. The second kappa shape index (κ2) is 6.93. The fourth-order valence-corrected chi connectivity index (χ4v) is 1.27. The van der Waals surface area contributed by atoms with Gasteiger partial charge < -0.3 is 20.1 Å². The van der Waals surface area contributed by atoms with Crippen molar-refractivity contribution in [3.8, 4) is 5.75 Å². The number of hydrogen-bond acceptors (Lipinski definition) is 5. The maximum atomic E-state index is 11.4. The van der Waals surface area contributed by atoms with E-state index < -0.39 is 30.4 Å². The molecule has 0 aliphatic carbocycles. The smallest absolute Gasteiger partial charge is 0.345 e. The number of aliphatic carboxylic acids is 2. The minimum atomic E-state index is -1.73. The van der Waals surface area contributed by atoms with Crippen LogP contribution in [0.4, 0.5) is 0 Å². The highest BCUT2D eigenvalue weighted by Gasteiger charge is 2.24. The molecule has 1 unspecified atom stereocenters. The van der Waals surface area contributed by atoms with Crippen LogP contribution in [0.25, 0.3) is 6.08 Å². The Morgan fingerprint density at radius 2 is 1.75 bits per heavy atom. The van der Waals surface area contributed by atoms with Gasteiger partial charge >= 0.3 is 17.9 Å². The molecule has 0 saturated heterocycles. The molecular weight excluding hydrogens is 268 g/mol. The summed E-state index contributed by atoms with van der Waals surface area (Å²) in [7, 11) is 0. The number of carbonyl (C=O) groups is 3. The van der Waals surface area contributed by atoms with E-state index >= 15 is 0 Å². The molecule has 0 radical (unpaired) electrons. The number of aromatic hydroxyl groups is 1. The van der Waals surface area contributed by atoms with Crippen LogP contribution in [0.2, 0.25) is 0 Å². The second-order valence-corrected chi connectivity index (χ2v) is 3.79. The first-order chi connectivity index (χ1) is 9.38. The number of carboxylic acid groups (broad SMARTS) is 2. The van der Waals surface area contributed by atoms with Gasteiger partial charge in [0.25, 0.3) is 0 Å². The van der Waals surface area contributed by atoms with Crippen molar-refractivity contribution in [2.45, 2.75) is 12.5 Å². The van der Waals surface area contributed by atoms with Crippen molar-refractivity contribution in [3.63, 3.8) is 0 Å². The molecule has 20 heavy (non-hydrogen) atoms. The molecule has 1 rings (SSSR count). The van der Waals surface area contributed by atoms with Crippen molar-refractivity contribution >= 4 is 24.0 Å². The van der Waals surface area contributed by atoms with Crippen molar-refractivity contribution in [3.05, 3.63) is 35.9 Å². The van der Waals surface area contributed by atoms with Crippen molar-refractivity contribution in [1.82, 2.24) is 0 Å². The Bertz CT molecular complexity index is 530. The summed E-state index contributed by atoms with van der Waals surface area (Å²) in [5.74, 6) is -3.81. The molecule has 3 N–H and O–H groups in total. The number of rotatable bonds is 6. The van der Waals surface area contributed by atoms with E-state index in [9.17, 15) is 14.4 Å². The highest BCUT2D eigenvalue weighted by molar-refractivity contribution is 5.90. The van der Waals surface area contributed by atoms with Crippen molar-refractivity contribution in [2.75, 3.05) is 0 Å². The Kier molecular flexibility index (Phi) is 5.28. The maximum Gasteiger partial charge on any atom is 0.345 e. The molecular formula is C13H12O7. The summed E-state index contributed by atoms with van der Waals surface area (Å²) in [5.41, 5.74) is 0.588. The maximum absolute atomic E-state index is 11.4. The van der Waals surface area contributed by atoms with Crippen LogP contribution in [0.5, 0.6) is 5.75 Å². The highest BCUT2D eigenvalue weighted by atomic mass is 16.6. The van der Waals surface area contributed by atoms with E-state index in [0.29, 0.717) is 5.56 Å². The number of carboxylic acids is 2. The molecule has 0 aliphatic heterocycles. The van der Waals surface area contributed by atoms with Crippen LogP contribution < -0.4 is 0 Å². The van der Waals surface area contributed by atoms with Crippen LogP contribution in [-0.2, 0) is 19.1 Å². The number of phenolic OH excluding ortho intramolecular Hbond substituents is 1. The lowest BCUT2D eigenvalue weighted by atomic mass is 10.2. The molecule has 0 heterocycles. The first-order valence-electron chi connectivity index (χ1n) is 5.51. The summed E-state index contributed by atoms with van der Waals surface area (Å²) in [6.45, 7) is 0. The molecule has 1 aromatic rings. The number of ether oxygens (including phenoxy) is 1. The van der Waals surface area contributed by atoms with Crippen LogP contribution in [0.1, 0.15) is 12.0 Å². The predicted molar refractivity (Wildman–Crippen MR) is 66.9 cm³/mol. The Morgan fingerprint density at radius 1 is 1.15 bits per heavy atom. The molecule has 7 nitrogen and oxygen atoms in total. The van der Waals surface area contributed by atoms with E-state index in [1.54, 1.807) is 0 Å². The van der Waals surface area contributed by atoms with E-state index in [4.69, 9.17) is 15.3 Å². The minimum absolute atomic E-state index is 0.0668. The highest BCUT2D eigenvalue weighted by Crippen LogP contribution is 2.11. The van der Waals surface area contributed by atoms with Gasteiger partial charge in [-0.25, -0.2) is 9.59 Å². The molecule has 106 valence electrons. The average molecular weight is 280 g/mol. The summed E-state index contributed by atoms with van der Waals surface area (Å²) < 4.78 is 4.51. The lowest BCUT2D eigenvalue weighted by Gasteiger charge is -2.09. The zero-order chi connectivity index (χ0) is 15.1. The summed E-state index contributed by atoms with van der Waals surface area (Å²) in [6, 6.07) is 5.89. The third-order valence-electron chi connectivity index (χ3n) is 2.20. The molecule has 0 aromatic heterocycles. The van der Waals surface area contributed by atoms with E-state index in [1.165, 1.54) is 30.3 Å². The largest absolute Gasteiger partial charge is 0.508 e. The normalized spacial score (nSPS) is 12.0. The molecule has 1 atom stereocenters. The van der Waals surface area contributed by atoms with Crippen LogP contribution in [-0.4, -0.2) is 39.3 Å². The second-order valence-electron chi connectivity index (χ2n) is 3.79. The fraction of sp³-hybridized carbons (Fsp3) is 0.154. The van der Waals surface area contributed by atoms with E-state index in [-0.39, 0.29) is 5.75 Å². The van der Waals surface area contributed by atoms with E-state index in [1.807, 2.05) is 0 Å². The molecule has 0 aliphatic rings. The van der Waals surface area contributed by atoms with Gasteiger partial charge in [-0.15, -0.1) is 0 Å². The number of hydrogen-bond donors (Lipinski definition) is 3. The average Bonchev–Trinajstić information content (AvgIpc) is 2.36. The van der Waals surface area contributed by atoms with Gasteiger partial charge in [-0.3, -0.25) is 4.79 Å². The van der Waals surface area contributed by atoms with Crippen LogP contribution in [0.15, 0.2) is 30.3 Å². The van der Waals surface area contributed by atoms with Gasteiger partial charge in [-0.1, -0.05) is 12.1 Å². The zero-order valence-corrected chi connectivity index (χ0v) is 10.2. The third-order valence-corrected chi connectivity index (χ3v) is 2.20. The van der Waals surface area contributed by atoms with E-state index in [2.05, 4.69) is 4.74 Å². The fourth-order valence-electron chi connectivity index (χ4n) is 1.27. The lowest BCUT2D eigenvalue weighted by molar-refractivity contribution is -0.164. The number of phenols is 1. The van der Waals surface area contributed by atoms with Gasteiger partial charge in [-0.2, -0.15) is 0 Å². The Morgan fingerprint density at radius 3 is 2.25 bits per heavy atom. The summed E-state index contributed by atoms with van der Waals surface area (Å²) in [6.07, 6.45) is -0.218. The first-order valence-corrected chi connectivity index (χ1v) is 5.51. The Labute approximate surface area is 113 Å². The van der Waals surface area contributed by atoms with E-state index in [0.717, 1.165) is 6.08 Å². The lowest BCUT2D eigenvalue weighted by Crippen LogP contribution is -2.28. The topological polar surface area (TPSA) is 121 Å². The number of esters is 1. The van der Waals surface area contributed by atoms with Crippen molar-refractivity contribution in [2.24, 2.45) is 0 Å². The van der Waals surface area contributed by atoms with Crippen molar-refractivity contribution in [1.29, 1.82) is 0 Å². The van der Waals surface area contributed by atoms with Crippen LogP contribution in [0, 0.1) is 0 Å². The Balaban J connectivity index is 2.63. The standard InChI is InChI=1S/C13H12O7/c14-9-4-1-8(2-5-9)3-6-12(17)20-10(13(18)19)7-11(15)16/h1-6,10,14H,7H2,(H,15,16)(H,18,19). The predicted octanol–water partition coefficient (Wildman–Crippen LogP) is 0.877. The third kappa shape index (κ3) is 5.21. The zero-order valence-electron chi connectivity index (χ0n) is 10.2. The van der Waals surface area contributed by atoms with Gasteiger partial charge in [0.1, 0.15) is 5.75 Å². The van der Waals surface area contributed by atoms with Gasteiger partial charge in [0.05, 0.1) is 6.42 Å². The monoisotopic (exact) mass is 280 g/mol. The van der Waals surface area contributed by atoms with Gasteiger partial charge in [-0.05, 0) is 23.8 Å². The molecule has 0 bridgehead atoms. The molecule has 0 amide bonds. The van der Waals surface area contributed by atoms with Gasteiger partial charge in [0.2, 0.25) is 6.10 Å². The summed E-state index contributed by atoms with van der Waals surface area (Å²) >= 11 is 0. The molecule has 0 fully saturated rings. The molecule has 0 spiro atoms. The minimum Gasteiger partial charge on any atom is -0.508 e. The molecule has 0 saturated carbocycles. The van der Waals surface area contributed by atoms with Crippen LogP contribution >= 0.6 is 0 Å². The SMILES string of the molecule is O=C(O)CC(OC(=O)C=Cc1ccc(O)cc1)C(=O)O. The molecule has 1 aromatic carbocycles. The number of benzene rings is 1. The molecule has 7 heteroatoms. The van der Waals surface area contributed by atoms with Crippen molar-refractivity contribution < 1.29 is 34.4 Å².